The van der Waals surface area contributed by atoms with Crippen LogP contribution >= 0.6 is 0 Å². The molecule has 1 aliphatic heterocycles. The molecular weight excluding hydrogens is 364 g/mol. The molecule has 0 spiro atoms. The van der Waals surface area contributed by atoms with Crippen LogP contribution in [0.15, 0.2) is 60.7 Å². The number of benzene rings is 2. The molecule has 29 heavy (non-hydrogen) atoms. The van der Waals surface area contributed by atoms with Gasteiger partial charge in [0.1, 0.15) is 0 Å². The van der Waals surface area contributed by atoms with Crippen molar-refractivity contribution in [2.45, 2.75) is 12.8 Å². The lowest BCUT2D eigenvalue weighted by molar-refractivity contribution is 0.102. The Morgan fingerprint density at radius 3 is 2.45 bits per heavy atom. The van der Waals surface area contributed by atoms with Crippen LogP contribution in [-0.4, -0.2) is 29.2 Å². The zero-order chi connectivity index (χ0) is 20.1. The van der Waals surface area contributed by atoms with Crippen LogP contribution in [0.1, 0.15) is 28.9 Å². The highest BCUT2D eigenvalue weighted by Gasteiger charge is 2.12. The second kappa shape index (κ2) is 8.40. The number of carbonyl (C=O) groups excluding carboxylic acids is 1. The summed E-state index contributed by atoms with van der Waals surface area (Å²) < 4.78 is 0. The quantitative estimate of drug-likeness (QED) is 0.692. The Labute approximate surface area is 169 Å². The molecule has 1 aliphatic rings. The summed E-state index contributed by atoms with van der Waals surface area (Å²) in [7, 11) is 0. The van der Waals surface area contributed by atoms with Gasteiger partial charge < -0.3 is 15.5 Å². The monoisotopic (exact) mass is 384 g/mol. The zero-order valence-corrected chi connectivity index (χ0v) is 15.8. The molecule has 1 aromatic heterocycles. The topological polar surface area (TPSA) is 93.9 Å². The Balaban J connectivity index is 1.38. The van der Waals surface area contributed by atoms with Crippen LogP contribution in [-0.2, 0) is 0 Å². The van der Waals surface area contributed by atoms with Gasteiger partial charge in [0, 0.05) is 30.2 Å². The van der Waals surface area contributed by atoms with Crippen LogP contribution in [0.3, 0.4) is 0 Å². The van der Waals surface area contributed by atoms with Gasteiger partial charge in [0.15, 0.2) is 11.5 Å². The summed E-state index contributed by atoms with van der Waals surface area (Å²) in [5.41, 5.74) is 3.35. The fourth-order valence-electron chi connectivity index (χ4n) is 3.26. The molecule has 0 saturated carbocycles. The van der Waals surface area contributed by atoms with Gasteiger partial charge in [-0.2, -0.15) is 5.26 Å². The smallest absolute Gasteiger partial charge is 0.276 e. The Morgan fingerprint density at radius 1 is 0.966 bits per heavy atom. The van der Waals surface area contributed by atoms with Gasteiger partial charge in [-0.3, -0.25) is 4.79 Å². The molecule has 1 saturated heterocycles. The minimum Gasteiger partial charge on any atom is -0.372 e. The molecule has 2 heterocycles. The summed E-state index contributed by atoms with van der Waals surface area (Å²) in [6.07, 6.45) is 2.50. The van der Waals surface area contributed by atoms with E-state index in [1.54, 1.807) is 36.4 Å². The van der Waals surface area contributed by atoms with Crippen molar-refractivity contribution in [3.63, 3.8) is 0 Å². The first kappa shape index (κ1) is 18.4. The third-order valence-electron chi connectivity index (χ3n) is 4.76. The molecule has 7 heteroatoms. The first-order valence-electron chi connectivity index (χ1n) is 9.48. The predicted molar refractivity (Wildman–Crippen MR) is 112 cm³/mol. The van der Waals surface area contributed by atoms with E-state index in [0.717, 1.165) is 18.8 Å². The van der Waals surface area contributed by atoms with Gasteiger partial charge in [0.05, 0.1) is 11.6 Å². The third-order valence-corrected chi connectivity index (χ3v) is 4.76. The van der Waals surface area contributed by atoms with Gasteiger partial charge in [-0.25, -0.2) is 0 Å². The Morgan fingerprint density at radius 2 is 1.76 bits per heavy atom. The van der Waals surface area contributed by atoms with Crippen LogP contribution in [0.2, 0.25) is 0 Å². The van der Waals surface area contributed by atoms with Gasteiger partial charge in [0.2, 0.25) is 0 Å². The molecule has 4 rings (SSSR count). The van der Waals surface area contributed by atoms with Crippen molar-refractivity contribution in [1.82, 2.24) is 10.2 Å². The van der Waals surface area contributed by atoms with Gasteiger partial charge >= 0.3 is 0 Å². The third kappa shape index (κ3) is 4.50. The fourth-order valence-corrected chi connectivity index (χ4v) is 3.26. The lowest BCUT2D eigenvalue weighted by atomic mass is 10.2. The maximum atomic E-state index is 12.3. The van der Waals surface area contributed by atoms with E-state index in [1.165, 1.54) is 18.5 Å². The number of hydrogen-bond donors (Lipinski definition) is 2. The first-order chi connectivity index (χ1) is 14.2. The Bertz CT molecular complexity index is 1030. The van der Waals surface area contributed by atoms with Crippen molar-refractivity contribution in [2.24, 2.45) is 0 Å². The van der Waals surface area contributed by atoms with Gasteiger partial charge in [-0.15, -0.1) is 10.2 Å². The summed E-state index contributed by atoms with van der Waals surface area (Å²) in [6, 6.07) is 20.3. The van der Waals surface area contributed by atoms with E-state index in [0.29, 0.717) is 17.1 Å². The average Bonchev–Trinajstić information content (AvgIpc) is 3.30. The van der Waals surface area contributed by atoms with Crippen LogP contribution in [0.5, 0.6) is 0 Å². The molecule has 144 valence electrons. The molecule has 3 aromatic rings. The zero-order valence-electron chi connectivity index (χ0n) is 15.8. The number of amides is 1. The molecule has 0 atom stereocenters. The summed E-state index contributed by atoms with van der Waals surface area (Å²) in [5.74, 6) is 0.177. The van der Waals surface area contributed by atoms with E-state index in [9.17, 15) is 4.79 Å². The lowest BCUT2D eigenvalue weighted by Crippen LogP contribution is -2.17. The summed E-state index contributed by atoms with van der Waals surface area (Å²) in [4.78, 5) is 14.7. The number of nitrogens with zero attached hydrogens (tertiary/aromatic N) is 4. The minimum absolute atomic E-state index is 0.197. The molecule has 0 bridgehead atoms. The summed E-state index contributed by atoms with van der Waals surface area (Å²) in [5, 5.41) is 22.9. The molecule has 2 N–H and O–H groups in total. The fraction of sp³-hybridized carbons (Fsp3) is 0.182. The SMILES string of the molecule is N#Cc1cccc(NC(=O)c2ccc(Nc3ccc(N4CCCC4)cc3)nn2)c1. The van der Waals surface area contributed by atoms with Crippen molar-refractivity contribution in [3.05, 3.63) is 71.9 Å². The highest BCUT2D eigenvalue weighted by Crippen LogP contribution is 2.23. The predicted octanol–water partition coefficient (Wildman–Crippen LogP) is 3.94. The summed E-state index contributed by atoms with van der Waals surface area (Å²) >= 11 is 0. The molecule has 0 aliphatic carbocycles. The molecule has 7 nitrogen and oxygen atoms in total. The lowest BCUT2D eigenvalue weighted by Gasteiger charge is -2.17. The molecule has 2 aromatic carbocycles. The van der Waals surface area contributed by atoms with Gasteiger partial charge in [-0.1, -0.05) is 6.07 Å². The van der Waals surface area contributed by atoms with Crippen molar-refractivity contribution in [2.75, 3.05) is 28.6 Å². The van der Waals surface area contributed by atoms with Crippen LogP contribution in [0, 0.1) is 11.3 Å². The second-order valence-corrected chi connectivity index (χ2v) is 6.82. The van der Waals surface area contributed by atoms with Crippen molar-refractivity contribution < 1.29 is 4.79 Å². The maximum Gasteiger partial charge on any atom is 0.276 e. The largest absolute Gasteiger partial charge is 0.372 e. The van der Waals surface area contributed by atoms with E-state index >= 15 is 0 Å². The maximum absolute atomic E-state index is 12.3. The number of carbonyl (C=O) groups is 1. The van der Waals surface area contributed by atoms with Crippen LogP contribution in [0.25, 0.3) is 0 Å². The van der Waals surface area contributed by atoms with Crippen LogP contribution < -0.4 is 15.5 Å². The van der Waals surface area contributed by atoms with E-state index in [1.807, 2.05) is 18.2 Å². The van der Waals surface area contributed by atoms with E-state index < -0.39 is 0 Å². The number of anilines is 4. The second-order valence-electron chi connectivity index (χ2n) is 6.82. The summed E-state index contributed by atoms with van der Waals surface area (Å²) in [6.45, 7) is 2.23. The molecule has 1 fully saturated rings. The van der Waals surface area contributed by atoms with Gasteiger partial charge in [-0.05, 0) is 67.4 Å². The number of nitrogens with one attached hydrogen (secondary N) is 2. The highest BCUT2D eigenvalue weighted by atomic mass is 16.1. The molecule has 0 unspecified atom stereocenters. The van der Waals surface area contributed by atoms with Crippen molar-refractivity contribution in [3.8, 4) is 6.07 Å². The van der Waals surface area contributed by atoms with Crippen molar-refractivity contribution >= 4 is 28.8 Å². The Kier molecular flexibility index (Phi) is 5.34. The first-order valence-corrected chi connectivity index (χ1v) is 9.48. The number of aromatic nitrogens is 2. The minimum atomic E-state index is -0.380. The van der Waals surface area contributed by atoms with E-state index in [2.05, 4.69) is 37.9 Å². The van der Waals surface area contributed by atoms with Gasteiger partial charge in [0.25, 0.3) is 5.91 Å². The van der Waals surface area contributed by atoms with E-state index in [-0.39, 0.29) is 11.6 Å². The normalized spacial score (nSPS) is 13.0. The van der Waals surface area contributed by atoms with E-state index in [4.69, 9.17) is 5.26 Å². The molecule has 1 amide bonds. The highest BCUT2D eigenvalue weighted by molar-refractivity contribution is 6.02. The average molecular weight is 384 g/mol. The standard InChI is InChI=1S/C22H20N6O/c23-15-16-4-3-5-18(14-16)25-22(29)20-10-11-21(27-26-20)24-17-6-8-19(9-7-17)28-12-1-2-13-28/h3-11,14H,1-2,12-13H2,(H,24,27)(H,25,29). The van der Waals surface area contributed by atoms with Crippen molar-refractivity contribution in [1.29, 1.82) is 5.26 Å². The number of hydrogen-bond acceptors (Lipinski definition) is 6. The molecular formula is C22H20N6O. The number of nitriles is 1. The number of rotatable bonds is 5. The Hall–Kier alpha value is -3.92. The van der Waals surface area contributed by atoms with Crippen LogP contribution in [0.4, 0.5) is 22.9 Å². The molecule has 0 radical (unpaired) electrons.